The van der Waals surface area contributed by atoms with Gasteiger partial charge in [-0.15, -0.1) is 0 Å². The topological polar surface area (TPSA) is 84.2 Å². The third kappa shape index (κ3) is 3.91. The summed E-state index contributed by atoms with van der Waals surface area (Å²) in [7, 11) is 0. The van der Waals surface area contributed by atoms with Crippen LogP contribution in [0.5, 0.6) is 0 Å². The minimum absolute atomic E-state index is 0.00577. The lowest BCUT2D eigenvalue weighted by Crippen LogP contribution is -2.34. The fourth-order valence-electron chi connectivity index (χ4n) is 3.02. The van der Waals surface area contributed by atoms with Crippen molar-refractivity contribution in [1.82, 2.24) is 24.9 Å². The minimum Gasteiger partial charge on any atom is -0.336 e. The Labute approximate surface area is 166 Å². The number of benzene rings is 1. The number of carbonyl (C=O) groups is 1. The first-order valence-corrected chi connectivity index (χ1v) is 9.15. The molecule has 0 aliphatic rings. The summed E-state index contributed by atoms with van der Waals surface area (Å²) in [6.45, 7) is 3.75. The van der Waals surface area contributed by atoms with Crippen LogP contribution in [-0.4, -0.2) is 31.7 Å². The van der Waals surface area contributed by atoms with E-state index >= 15 is 0 Å². The van der Waals surface area contributed by atoms with E-state index in [4.69, 9.17) is 0 Å². The second-order valence-electron chi connectivity index (χ2n) is 6.79. The van der Waals surface area contributed by atoms with Gasteiger partial charge in [-0.2, -0.15) is 5.10 Å². The fourth-order valence-corrected chi connectivity index (χ4v) is 3.02. The van der Waals surface area contributed by atoms with Crippen molar-refractivity contribution in [3.8, 4) is 22.5 Å². The van der Waals surface area contributed by atoms with Crippen molar-refractivity contribution < 1.29 is 9.18 Å². The van der Waals surface area contributed by atoms with Gasteiger partial charge in [0, 0.05) is 29.6 Å². The lowest BCUT2D eigenvalue weighted by Gasteiger charge is -2.11. The number of halogens is 1. The van der Waals surface area contributed by atoms with Crippen molar-refractivity contribution in [2.24, 2.45) is 0 Å². The highest BCUT2D eigenvalue weighted by Gasteiger charge is 2.18. The zero-order chi connectivity index (χ0) is 20.4. The number of fused-ring (bicyclic) bond motifs is 1. The lowest BCUT2D eigenvalue weighted by molar-refractivity contribution is 0.250. The van der Waals surface area contributed by atoms with Gasteiger partial charge in [0.15, 0.2) is 5.65 Å². The normalized spacial score (nSPS) is 11.0. The molecule has 0 fully saturated rings. The molecular weight excluding hydrogens is 371 g/mol. The molecule has 0 aliphatic heterocycles. The minimum atomic E-state index is -0.334. The van der Waals surface area contributed by atoms with Gasteiger partial charge in [-0.1, -0.05) is 0 Å². The van der Waals surface area contributed by atoms with Gasteiger partial charge in [-0.3, -0.25) is 5.32 Å². The summed E-state index contributed by atoms with van der Waals surface area (Å²) in [5, 5.41) is 9.90. The number of nitrogens with zero attached hydrogens (tertiary/aromatic N) is 4. The molecule has 0 saturated carbocycles. The SMILES string of the molecule is CC(C)NC(=O)Nc1cc(-c2c(-c3ccc(F)cc3)nc3cccnn23)ccn1. The van der Waals surface area contributed by atoms with Crippen LogP contribution in [0.25, 0.3) is 28.2 Å². The van der Waals surface area contributed by atoms with E-state index in [9.17, 15) is 9.18 Å². The number of aromatic nitrogens is 4. The van der Waals surface area contributed by atoms with Crippen LogP contribution in [0.1, 0.15) is 13.8 Å². The van der Waals surface area contributed by atoms with Crippen LogP contribution < -0.4 is 10.6 Å². The summed E-state index contributed by atoms with van der Waals surface area (Å²) in [6.07, 6.45) is 3.28. The Morgan fingerprint density at radius 2 is 1.86 bits per heavy atom. The van der Waals surface area contributed by atoms with Gasteiger partial charge < -0.3 is 5.32 Å². The van der Waals surface area contributed by atoms with E-state index in [1.54, 1.807) is 41.2 Å². The fraction of sp³-hybridized carbons (Fsp3) is 0.143. The van der Waals surface area contributed by atoms with Gasteiger partial charge in [0.25, 0.3) is 0 Å². The van der Waals surface area contributed by atoms with E-state index in [0.717, 1.165) is 16.8 Å². The maximum absolute atomic E-state index is 13.4. The molecular formula is C21H19FN6O. The summed E-state index contributed by atoms with van der Waals surface area (Å²) in [5.74, 6) is 0.0836. The molecule has 0 aliphatic carbocycles. The van der Waals surface area contributed by atoms with Crippen molar-refractivity contribution in [3.63, 3.8) is 0 Å². The Balaban J connectivity index is 1.81. The van der Waals surface area contributed by atoms with E-state index in [2.05, 4.69) is 25.7 Å². The van der Waals surface area contributed by atoms with Crippen LogP contribution in [0.15, 0.2) is 60.9 Å². The average molecular weight is 390 g/mol. The first kappa shape index (κ1) is 18.5. The summed E-state index contributed by atoms with van der Waals surface area (Å²) >= 11 is 0. The number of nitrogens with one attached hydrogen (secondary N) is 2. The molecule has 0 spiro atoms. The third-order valence-corrected chi connectivity index (χ3v) is 4.21. The zero-order valence-corrected chi connectivity index (χ0v) is 15.9. The summed E-state index contributed by atoms with van der Waals surface area (Å²) in [4.78, 5) is 20.9. The Morgan fingerprint density at radius 3 is 2.62 bits per heavy atom. The highest BCUT2D eigenvalue weighted by molar-refractivity contribution is 5.90. The summed E-state index contributed by atoms with van der Waals surface area (Å²) in [5.41, 5.74) is 3.57. The standard InChI is InChI=1S/C21H19FN6O/c1-13(2)25-21(29)26-17-12-15(9-11-23-17)20-19(14-5-7-16(22)8-6-14)27-18-4-3-10-24-28(18)20/h3-13H,1-2H3,(H2,23,25,26,29). The summed E-state index contributed by atoms with van der Waals surface area (Å²) < 4.78 is 15.1. The molecule has 4 rings (SSSR count). The van der Waals surface area contributed by atoms with E-state index in [1.807, 2.05) is 26.0 Å². The van der Waals surface area contributed by atoms with Crippen molar-refractivity contribution >= 4 is 17.5 Å². The van der Waals surface area contributed by atoms with E-state index in [-0.39, 0.29) is 17.9 Å². The first-order chi connectivity index (χ1) is 14.0. The van der Waals surface area contributed by atoms with Gasteiger partial charge in [-0.25, -0.2) is 23.7 Å². The Bertz CT molecular complexity index is 1170. The molecule has 4 aromatic rings. The molecule has 2 amide bonds. The van der Waals surface area contributed by atoms with Crippen molar-refractivity contribution in [2.45, 2.75) is 19.9 Å². The average Bonchev–Trinajstić information content (AvgIpc) is 3.07. The molecule has 1 aromatic carbocycles. The van der Waals surface area contributed by atoms with Crippen LogP contribution >= 0.6 is 0 Å². The number of hydrogen-bond donors (Lipinski definition) is 2. The number of anilines is 1. The van der Waals surface area contributed by atoms with Crippen LogP contribution in [0.3, 0.4) is 0 Å². The molecule has 0 bridgehead atoms. The third-order valence-electron chi connectivity index (χ3n) is 4.21. The molecule has 7 nitrogen and oxygen atoms in total. The molecule has 0 unspecified atom stereocenters. The maximum Gasteiger partial charge on any atom is 0.320 e. The number of pyridine rings is 1. The number of amides is 2. The molecule has 3 heterocycles. The second kappa shape index (κ2) is 7.67. The van der Waals surface area contributed by atoms with E-state index in [1.165, 1.54) is 12.1 Å². The molecule has 146 valence electrons. The second-order valence-corrected chi connectivity index (χ2v) is 6.79. The monoisotopic (exact) mass is 390 g/mol. The van der Waals surface area contributed by atoms with Crippen molar-refractivity contribution in [3.05, 3.63) is 66.7 Å². The smallest absolute Gasteiger partial charge is 0.320 e. The molecule has 0 atom stereocenters. The molecule has 3 aromatic heterocycles. The van der Waals surface area contributed by atoms with Gasteiger partial charge in [0.05, 0.1) is 5.69 Å². The Morgan fingerprint density at radius 1 is 1.07 bits per heavy atom. The molecule has 2 N–H and O–H groups in total. The van der Waals surface area contributed by atoms with Gasteiger partial charge in [-0.05, 0) is 62.4 Å². The van der Waals surface area contributed by atoms with Gasteiger partial charge in [0.1, 0.15) is 17.3 Å². The molecule has 0 radical (unpaired) electrons. The van der Waals surface area contributed by atoms with Gasteiger partial charge >= 0.3 is 6.03 Å². The van der Waals surface area contributed by atoms with Crippen LogP contribution in [0, 0.1) is 5.82 Å². The molecule has 29 heavy (non-hydrogen) atoms. The van der Waals surface area contributed by atoms with Crippen molar-refractivity contribution in [1.29, 1.82) is 0 Å². The predicted molar refractivity (Wildman–Crippen MR) is 109 cm³/mol. The number of urea groups is 1. The maximum atomic E-state index is 13.4. The number of hydrogen-bond acceptors (Lipinski definition) is 4. The Hall–Kier alpha value is -3.81. The van der Waals surface area contributed by atoms with Gasteiger partial charge in [0.2, 0.25) is 0 Å². The van der Waals surface area contributed by atoms with Crippen LogP contribution in [0.4, 0.5) is 15.0 Å². The number of rotatable bonds is 4. The quantitative estimate of drug-likeness (QED) is 0.549. The number of carbonyl (C=O) groups excluding carboxylic acids is 1. The summed E-state index contributed by atoms with van der Waals surface area (Å²) in [6, 6.07) is 13.0. The van der Waals surface area contributed by atoms with E-state index < -0.39 is 0 Å². The van der Waals surface area contributed by atoms with Crippen molar-refractivity contribution in [2.75, 3.05) is 5.32 Å². The number of imidazole rings is 1. The zero-order valence-electron chi connectivity index (χ0n) is 15.9. The highest BCUT2D eigenvalue weighted by atomic mass is 19.1. The largest absolute Gasteiger partial charge is 0.336 e. The molecule has 8 heteroatoms. The Kier molecular flexibility index (Phi) is 4.90. The predicted octanol–water partition coefficient (Wildman–Crippen LogP) is 4.13. The lowest BCUT2D eigenvalue weighted by atomic mass is 10.1. The van der Waals surface area contributed by atoms with Crippen LogP contribution in [-0.2, 0) is 0 Å². The van der Waals surface area contributed by atoms with Crippen LogP contribution in [0.2, 0.25) is 0 Å². The highest BCUT2D eigenvalue weighted by Crippen LogP contribution is 2.32. The first-order valence-electron chi connectivity index (χ1n) is 9.15. The molecule has 0 saturated heterocycles. The van der Waals surface area contributed by atoms with E-state index in [0.29, 0.717) is 17.2 Å².